The molecule has 5 heteroatoms. The first-order valence-electron chi connectivity index (χ1n) is 4.97. The van der Waals surface area contributed by atoms with E-state index in [1.807, 2.05) is 0 Å². The number of hydrogen-bond acceptors (Lipinski definition) is 3. The minimum atomic E-state index is -0.801. The zero-order chi connectivity index (χ0) is 11.2. The van der Waals surface area contributed by atoms with Gasteiger partial charge in [-0.3, -0.25) is 9.59 Å². The van der Waals surface area contributed by atoms with Crippen LogP contribution in [-0.4, -0.2) is 29.0 Å². The maximum absolute atomic E-state index is 11.2. The molecule has 5 atom stereocenters. The number of aliphatic carboxylic acids is 1. The Hall–Kier alpha value is -0.770. The Morgan fingerprint density at radius 3 is 2.80 bits per heavy atom. The predicted octanol–water partition coefficient (Wildman–Crippen LogP) is 1.27. The third-order valence-electron chi connectivity index (χ3n) is 3.93. The minimum absolute atomic E-state index is 0.0911. The number of fused-ring (bicyclic) bond motifs is 2. The summed E-state index contributed by atoms with van der Waals surface area (Å²) in [5.74, 6) is -0.791. The van der Waals surface area contributed by atoms with Crippen molar-refractivity contribution in [1.82, 2.24) is 0 Å². The molecule has 15 heavy (non-hydrogen) atoms. The van der Waals surface area contributed by atoms with E-state index in [0.29, 0.717) is 12.9 Å². The molecule has 0 radical (unpaired) electrons. The van der Waals surface area contributed by atoms with Gasteiger partial charge in [-0.2, -0.15) is 0 Å². The Kier molecular flexibility index (Phi) is 2.41. The lowest BCUT2D eigenvalue weighted by molar-refractivity contribution is -0.153. The summed E-state index contributed by atoms with van der Waals surface area (Å²) in [6.45, 7) is 2.13. The van der Waals surface area contributed by atoms with Gasteiger partial charge in [0.05, 0.1) is 10.8 Å². The number of halogens is 1. The molecule has 2 rings (SSSR count). The van der Waals surface area contributed by atoms with Crippen LogP contribution in [0.5, 0.6) is 0 Å². The fourth-order valence-electron chi connectivity index (χ4n) is 3.08. The minimum Gasteiger partial charge on any atom is -0.481 e. The second-order valence-electron chi connectivity index (χ2n) is 4.67. The van der Waals surface area contributed by atoms with Crippen LogP contribution in [0.4, 0.5) is 0 Å². The van der Waals surface area contributed by atoms with E-state index in [1.54, 1.807) is 6.92 Å². The van der Waals surface area contributed by atoms with Crippen molar-refractivity contribution < 1.29 is 19.4 Å². The monoisotopic (exact) mass is 232 g/mol. The van der Waals surface area contributed by atoms with Crippen LogP contribution >= 0.6 is 11.6 Å². The summed E-state index contributed by atoms with van der Waals surface area (Å²) in [5, 5.41) is 8.79. The fourth-order valence-corrected chi connectivity index (χ4v) is 3.73. The molecule has 0 aliphatic heterocycles. The summed E-state index contributed by atoms with van der Waals surface area (Å²) in [4.78, 5) is 21.4. The zero-order valence-electron chi connectivity index (χ0n) is 8.35. The van der Waals surface area contributed by atoms with E-state index in [9.17, 15) is 9.59 Å². The molecule has 0 aromatic rings. The van der Waals surface area contributed by atoms with E-state index in [0.717, 1.165) is 6.42 Å². The summed E-state index contributed by atoms with van der Waals surface area (Å²) in [6, 6.07) is 0. The van der Waals surface area contributed by atoms with Gasteiger partial charge < -0.3 is 9.84 Å². The lowest BCUT2D eigenvalue weighted by Crippen LogP contribution is -2.44. The third-order valence-corrected chi connectivity index (χ3v) is 4.48. The highest BCUT2D eigenvalue weighted by molar-refractivity contribution is 6.21. The number of carboxylic acids is 1. The second-order valence-corrected chi connectivity index (χ2v) is 5.17. The quantitative estimate of drug-likeness (QED) is 0.588. The van der Waals surface area contributed by atoms with Crippen LogP contribution in [0.2, 0.25) is 0 Å². The fraction of sp³-hybridized carbons (Fsp3) is 0.800. The van der Waals surface area contributed by atoms with Gasteiger partial charge in [0, 0.05) is 0 Å². The Balaban J connectivity index is 2.19. The topological polar surface area (TPSA) is 63.6 Å². The number of alkyl halides is 1. The highest BCUT2D eigenvalue weighted by Crippen LogP contribution is 2.58. The van der Waals surface area contributed by atoms with E-state index in [4.69, 9.17) is 21.4 Å². The number of ether oxygens (including phenoxy) is 1. The molecule has 0 saturated heterocycles. The van der Waals surface area contributed by atoms with E-state index < -0.39 is 11.4 Å². The molecule has 2 aliphatic rings. The molecule has 84 valence electrons. The van der Waals surface area contributed by atoms with Gasteiger partial charge in [-0.15, -0.1) is 11.6 Å². The lowest BCUT2D eigenvalue weighted by Gasteiger charge is -2.36. The second kappa shape index (κ2) is 3.37. The van der Waals surface area contributed by atoms with Crippen molar-refractivity contribution in [2.24, 2.45) is 17.3 Å². The summed E-state index contributed by atoms with van der Waals surface area (Å²) in [7, 11) is 0. The van der Waals surface area contributed by atoms with Crippen LogP contribution in [-0.2, 0) is 14.3 Å². The molecule has 4 nitrogen and oxygen atoms in total. The maximum atomic E-state index is 11.2. The molecule has 2 aliphatic carbocycles. The van der Waals surface area contributed by atoms with Gasteiger partial charge in [-0.05, 0) is 31.6 Å². The van der Waals surface area contributed by atoms with Crippen molar-refractivity contribution >= 4 is 24.0 Å². The smallest absolute Gasteiger partial charge is 0.309 e. The van der Waals surface area contributed by atoms with Crippen LogP contribution in [0, 0.1) is 17.3 Å². The summed E-state index contributed by atoms with van der Waals surface area (Å²) < 4.78 is 4.92. The van der Waals surface area contributed by atoms with E-state index in [2.05, 4.69) is 0 Å². The summed E-state index contributed by atoms with van der Waals surface area (Å²) in [6.07, 6.45) is 0.992. The average Bonchev–Trinajstić information content (AvgIpc) is 2.65. The van der Waals surface area contributed by atoms with Crippen LogP contribution in [0.1, 0.15) is 19.8 Å². The van der Waals surface area contributed by atoms with Crippen LogP contribution < -0.4 is 0 Å². The standard InChI is InChI=1S/C10H13ClO4/c1-10(9(13)14)3-5-2-6(10)7(11)8(5)15-4-12/h4-8H,2-3H2,1H3,(H,13,14). The summed E-state index contributed by atoms with van der Waals surface area (Å²) in [5.41, 5.74) is -0.750. The molecular weight excluding hydrogens is 220 g/mol. The molecule has 2 bridgehead atoms. The number of carbonyl (C=O) groups is 2. The molecule has 0 aromatic carbocycles. The van der Waals surface area contributed by atoms with Gasteiger partial charge in [0.15, 0.2) is 0 Å². The Labute approximate surface area is 92.5 Å². The van der Waals surface area contributed by atoms with Gasteiger partial charge in [0.1, 0.15) is 6.10 Å². The van der Waals surface area contributed by atoms with E-state index in [-0.39, 0.29) is 23.3 Å². The van der Waals surface area contributed by atoms with Crippen LogP contribution in [0.3, 0.4) is 0 Å². The van der Waals surface area contributed by atoms with E-state index in [1.165, 1.54) is 0 Å². The zero-order valence-corrected chi connectivity index (χ0v) is 9.11. The van der Waals surface area contributed by atoms with Crippen molar-refractivity contribution in [3.63, 3.8) is 0 Å². The molecule has 0 heterocycles. The third kappa shape index (κ3) is 1.34. The van der Waals surface area contributed by atoms with Crippen molar-refractivity contribution in [1.29, 1.82) is 0 Å². The molecule has 2 fully saturated rings. The number of rotatable bonds is 3. The Bertz CT molecular complexity index is 304. The molecule has 0 aromatic heterocycles. The maximum Gasteiger partial charge on any atom is 0.309 e. The van der Waals surface area contributed by atoms with Crippen LogP contribution in [0.15, 0.2) is 0 Å². The highest BCUT2D eigenvalue weighted by atomic mass is 35.5. The van der Waals surface area contributed by atoms with Crippen molar-refractivity contribution in [3.05, 3.63) is 0 Å². The SMILES string of the molecule is CC1(C(=O)O)CC2CC1C(Cl)C2OC=O. The number of carboxylic acid groups (broad SMARTS) is 1. The van der Waals surface area contributed by atoms with Gasteiger partial charge in [-0.1, -0.05) is 0 Å². The van der Waals surface area contributed by atoms with E-state index >= 15 is 0 Å². The first-order valence-corrected chi connectivity index (χ1v) is 5.41. The van der Waals surface area contributed by atoms with Gasteiger partial charge >= 0.3 is 5.97 Å². The number of hydrogen-bond donors (Lipinski definition) is 1. The van der Waals surface area contributed by atoms with Crippen molar-refractivity contribution in [3.8, 4) is 0 Å². The lowest BCUT2D eigenvalue weighted by atomic mass is 9.74. The van der Waals surface area contributed by atoms with Gasteiger partial charge in [-0.25, -0.2) is 0 Å². The first kappa shape index (κ1) is 10.7. The molecular formula is C10H13ClO4. The molecule has 2 saturated carbocycles. The normalized spacial score (nSPS) is 47.9. The predicted molar refractivity (Wildman–Crippen MR) is 52.5 cm³/mol. The van der Waals surface area contributed by atoms with Gasteiger partial charge in [0.25, 0.3) is 6.47 Å². The molecule has 0 spiro atoms. The summed E-state index contributed by atoms with van der Waals surface area (Å²) >= 11 is 6.13. The Morgan fingerprint density at radius 2 is 2.33 bits per heavy atom. The molecule has 0 amide bonds. The van der Waals surface area contributed by atoms with Crippen molar-refractivity contribution in [2.75, 3.05) is 0 Å². The van der Waals surface area contributed by atoms with Gasteiger partial charge in [0.2, 0.25) is 0 Å². The van der Waals surface area contributed by atoms with Crippen LogP contribution in [0.25, 0.3) is 0 Å². The Morgan fingerprint density at radius 1 is 1.67 bits per heavy atom. The number of carbonyl (C=O) groups excluding carboxylic acids is 1. The first-order chi connectivity index (χ1) is 7.00. The largest absolute Gasteiger partial charge is 0.481 e. The highest BCUT2D eigenvalue weighted by Gasteiger charge is 2.62. The molecule has 1 N–H and O–H groups in total. The van der Waals surface area contributed by atoms with Crippen molar-refractivity contribution in [2.45, 2.75) is 31.2 Å². The molecule has 5 unspecified atom stereocenters. The average molecular weight is 233 g/mol.